The van der Waals surface area contributed by atoms with Gasteiger partial charge in [0.15, 0.2) is 0 Å². The largest absolute Gasteiger partial charge is 0.335 e. The molecular formula is C15H14Cl2N2O. The number of rotatable bonds is 3. The standard InChI is InChI=1S/C15H14Cl2N2O/c1-10(20)19(2)15(11-4-3-7-18-9-11)13-6-5-12(16)8-14(13)17/h3-9,15H,1-2H3/t15-/m1/s1. The van der Waals surface area contributed by atoms with Gasteiger partial charge in [0, 0.05) is 36.4 Å². The number of nitrogens with zero attached hydrogens (tertiary/aromatic N) is 2. The normalized spacial score (nSPS) is 12.0. The van der Waals surface area contributed by atoms with Gasteiger partial charge in [-0.1, -0.05) is 35.3 Å². The zero-order chi connectivity index (χ0) is 14.7. The third-order valence-electron chi connectivity index (χ3n) is 3.14. The Morgan fingerprint density at radius 2 is 2.05 bits per heavy atom. The van der Waals surface area contributed by atoms with E-state index in [1.54, 1.807) is 36.5 Å². The van der Waals surface area contributed by atoms with Gasteiger partial charge in [0.05, 0.1) is 6.04 Å². The lowest BCUT2D eigenvalue weighted by Gasteiger charge is -2.28. The predicted molar refractivity (Wildman–Crippen MR) is 81.0 cm³/mol. The fourth-order valence-electron chi connectivity index (χ4n) is 2.05. The monoisotopic (exact) mass is 308 g/mol. The summed E-state index contributed by atoms with van der Waals surface area (Å²) in [6.07, 6.45) is 3.42. The minimum atomic E-state index is -0.286. The summed E-state index contributed by atoms with van der Waals surface area (Å²) in [6.45, 7) is 1.52. The first-order valence-electron chi connectivity index (χ1n) is 6.09. The molecule has 20 heavy (non-hydrogen) atoms. The summed E-state index contributed by atoms with van der Waals surface area (Å²) in [7, 11) is 1.74. The van der Waals surface area contributed by atoms with E-state index in [4.69, 9.17) is 23.2 Å². The average molecular weight is 309 g/mol. The Balaban J connectivity index is 2.54. The van der Waals surface area contributed by atoms with Crippen LogP contribution < -0.4 is 0 Å². The van der Waals surface area contributed by atoms with E-state index >= 15 is 0 Å². The third-order valence-corrected chi connectivity index (χ3v) is 3.70. The van der Waals surface area contributed by atoms with E-state index in [-0.39, 0.29) is 11.9 Å². The molecule has 104 valence electrons. The molecule has 1 aromatic carbocycles. The summed E-state index contributed by atoms with van der Waals surface area (Å²) in [5, 5.41) is 1.09. The van der Waals surface area contributed by atoms with Crippen LogP contribution in [0.1, 0.15) is 24.1 Å². The number of aromatic nitrogens is 1. The molecule has 3 nitrogen and oxygen atoms in total. The molecule has 2 rings (SSSR count). The maximum atomic E-state index is 11.7. The average Bonchev–Trinajstić information content (AvgIpc) is 2.42. The van der Waals surface area contributed by atoms with E-state index in [0.717, 1.165) is 11.1 Å². The predicted octanol–water partition coefficient (Wildman–Crippen LogP) is 3.96. The van der Waals surface area contributed by atoms with Crippen LogP contribution in [0.4, 0.5) is 0 Å². The number of pyridine rings is 1. The molecule has 0 saturated carbocycles. The minimum Gasteiger partial charge on any atom is -0.335 e. The van der Waals surface area contributed by atoms with Gasteiger partial charge in [-0.25, -0.2) is 0 Å². The number of carbonyl (C=O) groups excluding carboxylic acids is 1. The summed E-state index contributed by atoms with van der Waals surface area (Å²) in [5.41, 5.74) is 1.72. The van der Waals surface area contributed by atoms with E-state index in [1.165, 1.54) is 6.92 Å². The van der Waals surface area contributed by atoms with Crippen LogP contribution in [-0.4, -0.2) is 22.8 Å². The smallest absolute Gasteiger partial charge is 0.219 e. The van der Waals surface area contributed by atoms with E-state index in [2.05, 4.69) is 4.98 Å². The van der Waals surface area contributed by atoms with Gasteiger partial charge in [-0.3, -0.25) is 9.78 Å². The van der Waals surface area contributed by atoms with E-state index in [1.807, 2.05) is 18.2 Å². The minimum absolute atomic E-state index is 0.0510. The van der Waals surface area contributed by atoms with Crippen LogP contribution >= 0.6 is 23.2 Å². The van der Waals surface area contributed by atoms with Gasteiger partial charge in [-0.05, 0) is 29.3 Å². The zero-order valence-electron chi connectivity index (χ0n) is 11.2. The second-order valence-corrected chi connectivity index (χ2v) is 5.33. The van der Waals surface area contributed by atoms with Crippen molar-refractivity contribution in [3.8, 4) is 0 Å². The number of amides is 1. The Bertz CT molecular complexity index is 617. The lowest BCUT2D eigenvalue weighted by Crippen LogP contribution is -2.30. The number of halogens is 2. The van der Waals surface area contributed by atoms with Gasteiger partial charge in [-0.15, -0.1) is 0 Å². The fraction of sp³-hybridized carbons (Fsp3) is 0.200. The highest BCUT2D eigenvalue weighted by atomic mass is 35.5. The molecule has 0 radical (unpaired) electrons. The van der Waals surface area contributed by atoms with Gasteiger partial charge < -0.3 is 4.90 Å². The molecule has 0 fully saturated rings. The van der Waals surface area contributed by atoms with Crippen molar-refractivity contribution < 1.29 is 4.79 Å². The summed E-state index contributed by atoms with van der Waals surface area (Å²) >= 11 is 12.2. The quantitative estimate of drug-likeness (QED) is 0.860. The summed E-state index contributed by atoms with van der Waals surface area (Å²) in [5.74, 6) is -0.0510. The Morgan fingerprint density at radius 3 is 2.60 bits per heavy atom. The Hall–Kier alpha value is -1.58. The van der Waals surface area contributed by atoms with Crippen molar-refractivity contribution in [3.05, 3.63) is 63.9 Å². The Morgan fingerprint density at radius 1 is 1.30 bits per heavy atom. The van der Waals surface area contributed by atoms with Crippen molar-refractivity contribution in [2.45, 2.75) is 13.0 Å². The van der Waals surface area contributed by atoms with Gasteiger partial charge in [0.25, 0.3) is 0 Å². The van der Waals surface area contributed by atoms with Crippen LogP contribution in [0, 0.1) is 0 Å². The first kappa shape index (κ1) is 14.8. The number of benzene rings is 1. The number of hydrogen-bond acceptors (Lipinski definition) is 2. The molecular weight excluding hydrogens is 295 g/mol. The van der Waals surface area contributed by atoms with Crippen LogP contribution in [0.2, 0.25) is 10.0 Å². The number of hydrogen-bond donors (Lipinski definition) is 0. The van der Waals surface area contributed by atoms with Crippen molar-refractivity contribution in [2.75, 3.05) is 7.05 Å². The van der Waals surface area contributed by atoms with Gasteiger partial charge >= 0.3 is 0 Å². The summed E-state index contributed by atoms with van der Waals surface area (Å²) in [6, 6.07) is 8.74. The van der Waals surface area contributed by atoms with Gasteiger partial charge in [0.2, 0.25) is 5.91 Å². The summed E-state index contributed by atoms with van der Waals surface area (Å²) < 4.78 is 0. The number of carbonyl (C=O) groups is 1. The van der Waals surface area contributed by atoms with Crippen molar-refractivity contribution in [2.24, 2.45) is 0 Å². The molecule has 5 heteroatoms. The molecule has 0 saturated heterocycles. The highest BCUT2D eigenvalue weighted by Gasteiger charge is 2.23. The van der Waals surface area contributed by atoms with Gasteiger partial charge in [-0.2, -0.15) is 0 Å². The molecule has 0 aliphatic rings. The van der Waals surface area contributed by atoms with Crippen molar-refractivity contribution in [1.29, 1.82) is 0 Å². The fourth-order valence-corrected chi connectivity index (χ4v) is 2.57. The van der Waals surface area contributed by atoms with Gasteiger partial charge in [0.1, 0.15) is 0 Å². The first-order valence-corrected chi connectivity index (χ1v) is 6.84. The topological polar surface area (TPSA) is 33.2 Å². The maximum absolute atomic E-state index is 11.7. The van der Waals surface area contributed by atoms with Crippen LogP contribution in [0.3, 0.4) is 0 Å². The van der Waals surface area contributed by atoms with Crippen molar-refractivity contribution in [1.82, 2.24) is 9.88 Å². The molecule has 0 N–H and O–H groups in total. The molecule has 1 atom stereocenters. The maximum Gasteiger partial charge on any atom is 0.219 e. The van der Waals surface area contributed by atoms with Crippen LogP contribution in [0.5, 0.6) is 0 Å². The highest BCUT2D eigenvalue weighted by molar-refractivity contribution is 6.35. The Labute approximate surface area is 128 Å². The highest BCUT2D eigenvalue weighted by Crippen LogP contribution is 2.33. The van der Waals surface area contributed by atoms with Crippen LogP contribution in [-0.2, 0) is 4.79 Å². The third kappa shape index (κ3) is 3.11. The lowest BCUT2D eigenvalue weighted by atomic mass is 9.98. The molecule has 1 heterocycles. The molecule has 1 aromatic heterocycles. The van der Waals surface area contributed by atoms with E-state index < -0.39 is 0 Å². The first-order chi connectivity index (χ1) is 9.50. The van der Waals surface area contributed by atoms with Crippen molar-refractivity contribution >= 4 is 29.1 Å². The molecule has 0 unspecified atom stereocenters. The molecule has 2 aromatic rings. The summed E-state index contributed by atoms with van der Waals surface area (Å²) in [4.78, 5) is 17.5. The Kier molecular flexibility index (Phi) is 4.63. The molecule has 0 aliphatic carbocycles. The van der Waals surface area contributed by atoms with E-state index in [0.29, 0.717) is 10.0 Å². The van der Waals surface area contributed by atoms with Crippen molar-refractivity contribution in [3.63, 3.8) is 0 Å². The zero-order valence-corrected chi connectivity index (χ0v) is 12.7. The lowest BCUT2D eigenvalue weighted by molar-refractivity contribution is -0.129. The second-order valence-electron chi connectivity index (χ2n) is 4.48. The molecule has 0 aliphatic heterocycles. The SMILES string of the molecule is CC(=O)N(C)[C@H](c1cccnc1)c1ccc(Cl)cc1Cl. The molecule has 0 spiro atoms. The molecule has 0 bridgehead atoms. The molecule has 1 amide bonds. The van der Waals surface area contributed by atoms with E-state index in [9.17, 15) is 4.79 Å². The van der Waals surface area contributed by atoms with Crippen LogP contribution in [0.15, 0.2) is 42.7 Å². The second kappa shape index (κ2) is 6.25. The van der Waals surface area contributed by atoms with Crippen LogP contribution in [0.25, 0.3) is 0 Å².